The summed E-state index contributed by atoms with van der Waals surface area (Å²) in [5.74, 6) is 0.690. The number of carbonyl (C=O) groups excluding carboxylic acids is 1. The summed E-state index contributed by atoms with van der Waals surface area (Å²) in [6.07, 6.45) is 0. The Labute approximate surface area is 149 Å². The lowest BCUT2D eigenvalue weighted by molar-refractivity contribution is -0.132. The Morgan fingerprint density at radius 1 is 1.41 bits per heavy atom. The highest BCUT2D eigenvalue weighted by atomic mass is 35.5. The molecule has 1 fully saturated rings. The summed E-state index contributed by atoms with van der Waals surface area (Å²) in [6.45, 7) is 8.95. The van der Waals surface area contributed by atoms with E-state index < -0.39 is 0 Å². The lowest BCUT2D eigenvalue weighted by Crippen LogP contribution is -2.49. The fourth-order valence-electron chi connectivity index (χ4n) is 2.24. The summed E-state index contributed by atoms with van der Waals surface area (Å²) < 4.78 is 0. The van der Waals surface area contributed by atoms with Gasteiger partial charge in [0.05, 0.1) is 17.2 Å². The van der Waals surface area contributed by atoms with Gasteiger partial charge in [-0.2, -0.15) is 0 Å². The average Bonchev–Trinajstić information content (AvgIpc) is 2.88. The number of hydrogen-bond donors (Lipinski definition) is 1. The summed E-state index contributed by atoms with van der Waals surface area (Å²) in [6, 6.07) is 0. The molecule has 128 valence electrons. The molecule has 0 atom stereocenters. The van der Waals surface area contributed by atoms with Crippen LogP contribution in [0.5, 0.6) is 0 Å². The molecule has 0 saturated carbocycles. The highest BCUT2D eigenvalue weighted by molar-refractivity contribution is 7.09. The number of hydrogen-bond acceptors (Lipinski definition) is 5. The SMILES string of the molecule is CC(C)c1nc(CN(C)CC(=O)N2CCNCC2)cs1.Cl.Cl. The van der Waals surface area contributed by atoms with Gasteiger partial charge >= 0.3 is 0 Å². The van der Waals surface area contributed by atoms with Crippen LogP contribution in [0, 0.1) is 0 Å². The molecule has 0 unspecified atom stereocenters. The predicted octanol–water partition coefficient (Wildman–Crippen LogP) is 1.97. The van der Waals surface area contributed by atoms with Crippen LogP contribution in [0.4, 0.5) is 0 Å². The van der Waals surface area contributed by atoms with Crippen molar-refractivity contribution >= 4 is 42.1 Å². The number of nitrogens with one attached hydrogen (secondary N) is 1. The lowest BCUT2D eigenvalue weighted by Gasteiger charge is -2.29. The average molecular weight is 369 g/mol. The highest BCUT2D eigenvalue weighted by Gasteiger charge is 2.18. The molecule has 0 radical (unpaired) electrons. The van der Waals surface area contributed by atoms with Crippen LogP contribution >= 0.6 is 36.2 Å². The molecule has 1 N–H and O–H groups in total. The van der Waals surface area contributed by atoms with Gasteiger partial charge < -0.3 is 10.2 Å². The second-order valence-corrected chi connectivity index (χ2v) is 6.52. The molecule has 0 bridgehead atoms. The van der Waals surface area contributed by atoms with Crippen molar-refractivity contribution in [3.63, 3.8) is 0 Å². The normalized spacial score (nSPS) is 14.7. The molecule has 1 amide bonds. The van der Waals surface area contributed by atoms with E-state index in [1.807, 2.05) is 16.8 Å². The van der Waals surface area contributed by atoms with E-state index >= 15 is 0 Å². The third-order valence-electron chi connectivity index (χ3n) is 3.37. The van der Waals surface area contributed by atoms with E-state index in [0.717, 1.165) is 38.4 Å². The minimum absolute atomic E-state index is 0. The Morgan fingerprint density at radius 3 is 2.59 bits per heavy atom. The van der Waals surface area contributed by atoms with Crippen LogP contribution in [0.25, 0.3) is 0 Å². The van der Waals surface area contributed by atoms with Crippen molar-refractivity contribution in [1.82, 2.24) is 20.1 Å². The molecule has 1 aromatic heterocycles. The zero-order chi connectivity index (χ0) is 14.5. The zero-order valence-electron chi connectivity index (χ0n) is 13.4. The molecule has 0 aromatic carbocycles. The molecule has 22 heavy (non-hydrogen) atoms. The van der Waals surface area contributed by atoms with E-state index in [9.17, 15) is 4.79 Å². The highest BCUT2D eigenvalue weighted by Crippen LogP contribution is 2.19. The lowest BCUT2D eigenvalue weighted by atomic mass is 10.2. The van der Waals surface area contributed by atoms with Crippen LogP contribution in [-0.4, -0.2) is 60.5 Å². The van der Waals surface area contributed by atoms with Gasteiger partial charge in [-0.25, -0.2) is 4.98 Å². The number of halogens is 2. The van der Waals surface area contributed by atoms with Crippen molar-refractivity contribution in [2.24, 2.45) is 0 Å². The Hall–Kier alpha value is -0.400. The van der Waals surface area contributed by atoms with E-state index in [4.69, 9.17) is 0 Å². The smallest absolute Gasteiger partial charge is 0.236 e. The van der Waals surface area contributed by atoms with Gasteiger partial charge in [-0.15, -0.1) is 36.2 Å². The summed E-state index contributed by atoms with van der Waals surface area (Å²) in [5, 5.41) is 6.53. The molecular weight excluding hydrogens is 343 g/mol. The second kappa shape index (κ2) is 10.4. The van der Waals surface area contributed by atoms with E-state index in [1.165, 1.54) is 5.01 Å². The van der Waals surface area contributed by atoms with Gasteiger partial charge in [-0.1, -0.05) is 13.8 Å². The first-order valence-corrected chi connectivity index (χ1v) is 8.05. The molecule has 1 saturated heterocycles. The van der Waals surface area contributed by atoms with Gasteiger partial charge in [0.15, 0.2) is 0 Å². The molecule has 1 aromatic rings. The minimum Gasteiger partial charge on any atom is -0.339 e. The molecule has 5 nitrogen and oxygen atoms in total. The summed E-state index contributed by atoms with van der Waals surface area (Å²) in [5.41, 5.74) is 1.06. The third-order valence-corrected chi connectivity index (χ3v) is 4.56. The maximum atomic E-state index is 12.2. The molecule has 1 aliphatic rings. The predicted molar refractivity (Wildman–Crippen MR) is 96.5 cm³/mol. The van der Waals surface area contributed by atoms with Crippen molar-refractivity contribution in [2.75, 3.05) is 39.8 Å². The van der Waals surface area contributed by atoms with Gasteiger partial charge in [0.2, 0.25) is 5.91 Å². The van der Waals surface area contributed by atoms with Crippen molar-refractivity contribution in [2.45, 2.75) is 26.3 Å². The number of likely N-dealkylation sites (N-methyl/N-ethyl adjacent to an activating group) is 1. The number of amides is 1. The first-order chi connectivity index (χ1) is 9.56. The van der Waals surface area contributed by atoms with Crippen LogP contribution < -0.4 is 5.32 Å². The maximum absolute atomic E-state index is 12.2. The Kier molecular flexibility index (Phi) is 10.2. The van der Waals surface area contributed by atoms with Crippen molar-refractivity contribution in [3.8, 4) is 0 Å². The zero-order valence-corrected chi connectivity index (χ0v) is 15.8. The molecule has 2 rings (SSSR count). The maximum Gasteiger partial charge on any atom is 0.236 e. The summed E-state index contributed by atoms with van der Waals surface area (Å²) >= 11 is 1.71. The number of aromatic nitrogens is 1. The second-order valence-electron chi connectivity index (χ2n) is 5.63. The third kappa shape index (κ3) is 6.38. The topological polar surface area (TPSA) is 48.5 Å². The fourth-order valence-corrected chi connectivity index (χ4v) is 3.06. The number of carbonyl (C=O) groups is 1. The molecule has 2 heterocycles. The number of piperazine rings is 1. The van der Waals surface area contributed by atoms with Crippen molar-refractivity contribution < 1.29 is 4.79 Å². The van der Waals surface area contributed by atoms with Crippen LogP contribution in [0.2, 0.25) is 0 Å². The van der Waals surface area contributed by atoms with Crippen LogP contribution in [0.3, 0.4) is 0 Å². The van der Waals surface area contributed by atoms with Crippen LogP contribution in [-0.2, 0) is 11.3 Å². The van der Waals surface area contributed by atoms with Gasteiger partial charge in [0.1, 0.15) is 0 Å². The van der Waals surface area contributed by atoms with E-state index in [1.54, 1.807) is 11.3 Å². The molecule has 1 aliphatic heterocycles. The van der Waals surface area contributed by atoms with E-state index in [-0.39, 0.29) is 30.7 Å². The first kappa shape index (κ1) is 21.6. The van der Waals surface area contributed by atoms with Crippen LogP contribution in [0.1, 0.15) is 30.5 Å². The standard InChI is InChI=1S/C14H24N4OS.2ClH/c1-11(2)14-16-12(10-20-14)8-17(3)9-13(19)18-6-4-15-5-7-18;;/h10-11,15H,4-9H2,1-3H3;2*1H. The number of rotatable bonds is 5. The van der Waals surface area contributed by atoms with Crippen LogP contribution in [0.15, 0.2) is 5.38 Å². The number of thiazole rings is 1. The van der Waals surface area contributed by atoms with Gasteiger partial charge in [-0.3, -0.25) is 9.69 Å². The Balaban J connectivity index is 0.00000220. The fraction of sp³-hybridized carbons (Fsp3) is 0.714. The number of nitrogens with zero attached hydrogens (tertiary/aromatic N) is 3. The Bertz CT molecular complexity index is 450. The van der Waals surface area contributed by atoms with Crippen molar-refractivity contribution in [3.05, 3.63) is 16.1 Å². The monoisotopic (exact) mass is 368 g/mol. The minimum atomic E-state index is 0. The van der Waals surface area contributed by atoms with E-state index in [2.05, 4.69) is 29.5 Å². The summed E-state index contributed by atoms with van der Waals surface area (Å²) in [7, 11) is 1.98. The Morgan fingerprint density at radius 2 is 2.05 bits per heavy atom. The summed E-state index contributed by atoms with van der Waals surface area (Å²) in [4.78, 5) is 20.7. The molecule has 0 aliphatic carbocycles. The largest absolute Gasteiger partial charge is 0.339 e. The quantitative estimate of drug-likeness (QED) is 0.862. The first-order valence-electron chi connectivity index (χ1n) is 7.17. The molecular formula is C14H26Cl2N4OS. The van der Waals surface area contributed by atoms with Gasteiger partial charge in [0, 0.05) is 44.0 Å². The van der Waals surface area contributed by atoms with Gasteiger partial charge in [0.25, 0.3) is 0 Å². The van der Waals surface area contributed by atoms with E-state index in [0.29, 0.717) is 12.5 Å². The molecule has 8 heteroatoms. The molecule has 0 spiro atoms. The van der Waals surface area contributed by atoms with Gasteiger partial charge in [-0.05, 0) is 7.05 Å². The van der Waals surface area contributed by atoms with Crippen molar-refractivity contribution in [1.29, 1.82) is 0 Å².